The van der Waals surface area contributed by atoms with Crippen LogP contribution in [0, 0.1) is 5.41 Å². The zero-order chi connectivity index (χ0) is 7.57. The van der Waals surface area contributed by atoms with Gasteiger partial charge in [0, 0.05) is 18.6 Å². The Balaban J connectivity index is 1.86. The predicted molar refractivity (Wildman–Crippen MR) is 42.5 cm³/mol. The van der Waals surface area contributed by atoms with Crippen LogP contribution in [-0.2, 0) is 9.47 Å². The largest absolute Gasteiger partial charge is 0.381 e. The molecule has 1 saturated heterocycles. The molecule has 0 aromatic carbocycles. The van der Waals surface area contributed by atoms with Gasteiger partial charge in [-0.05, 0) is 19.3 Å². The first kappa shape index (κ1) is 7.56. The van der Waals surface area contributed by atoms with Crippen molar-refractivity contribution in [3.63, 3.8) is 0 Å². The van der Waals surface area contributed by atoms with Crippen molar-refractivity contribution in [1.82, 2.24) is 0 Å². The molecule has 0 bridgehead atoms. The molecule has 2 heteroatoms. The first-order valence-corrected chi connectivity index (χ1v) is 4.57. The average molecular weight is 156 g/mol. The summed E-state index contributed by atoms with van der Waals surface area (Å²) in [6.45, 7) is 3.66. The van der Waals surface area contributed by atoms with Crippen LogP contribution in [0.4, 0.5) is 0 Å². The van der Waals surface area contributed by atoms with Crippen LogP contribution in [-0.4, -0.2) is 26.4 Å². The molecule has 1 heterocycles. The monoisotopic (exact) mass is 156 g/mol. The van der Waals surface area contributed by atoms with E-state index in [1.54, 1.807) is 0 Å². The second-order valence-electron chi connectivity index (χ2n) is 3.81. The van der Waals surface area contributed by atoms with Gasteiger partial charge in [0.15, 0.2) is 0 Å². The maximum Gasteiger partial charge on any atom is 0.0544 e. The van der Waals surface area contributed by atoms with Crippen molar-refractivity contribution in [1.29, 1.82) is 0 Å². The molecule has 0 atom stereocenters. The van der Waals surface area contributed by atoms with E-state index in [4.69, 9.17) is 9.47 Å². The van der Waals surface area contributed by atoms with Crippen molar-refractivity contribution < 1.29 is 9.47 Å². The van der Waals surface area contributed by atoms with Crippen LogP contribution in [0.5, 0.6) is 0 Å². The van der Waals surface area contributed by atoms with Crippen LogP contribution in [0.2, 0.25) is 0 Å². The Kier molecular flexibility index (Phi) is 2.14. The molecule has 64 valence electrons. The molecule has 0 amide bonds. The fraction of sp³-hybridized carbons (Fsp3) is 1.00. The second kappa shape index (κ2) is 3.11. The molecule has 0 unspecified atom stereocenters. The molecule has 1 spiro atoms. The highest BCUT2D eigenvalue weighted by Crippen LogP contribution is 2.41. The molecule has 1 saturated carbocycles. The van der Waals surface area contributed by atoms with Crippen molar-refractivity contribution >= 4 is 0 Å². The summed E-state index contributed by atoms with van der Waals surface area (Å²) < 4.78 is 11.1. The van der Waals surface area contributed by atoms with Gasteiger partial charge in [0.25, 0.3) is 0 Å². The van der Waals surface area contributed by atoms with Gasteiger partial charge >= 0.3 is 0 Å². The minimum atomic E-state index is 0.431. The van der Waals surface area contributed by atoms with Gasteiger partial charge in [-0.25, -0.2) is 0 Å². The van der Waals surface area contributed by atoms with Gasteiger partial charge in [-0.3, -0.25) is 0 Å². The third-order valence-corrected chi connectivity index (χ3v) is 2.81. The van der Waals surface area contributed by atoms with Gasteiger partial charge in [-0.1, -0.05) is 6.42 Å². The van der Waals surface area contributed by atoms with Crippen LogP contribution in [0.1, 0.15) is 25.7 Å². The topological polar surface area (TPSA) is 18.5 Å². The average Bonchev–Trinajstić information content (AvgIpc) is 1.82. The van der Waals surface area contributed by atoms with Crippen LogP contribution in [0.15, 0.2) is 0 Å². The summed E-state index contributed by atoms with van der Waals surface area (Å²) >= 11 is 0. The van der Waals surface area contributed by atoms with E-state index < -0.39 is 0 Å². The normalized spacial score (nSPS) is 30.5. The summed E-state index contributed by atoms with van der Waals surface area (Å²) in [6.07, 6.45) is 5.06. The Morgan fingerprint density at radius 3 is 1.91 bits per heavy atom. The van der Waals surface area contributed by atoms with E-state index in [0.29, 0.717) is 5.41 Å². The molecular weight excluding hydrogens is 140 g/mol. The lowest BCUT2D eigenvalue weighted by molar-refractivity contribution is -0.0898. The maximum absolute atomic E-state index is 5.55. The molecule has 11 heavy (non-hydrogen) atoms. The first-order chi connectivity index (χ1) is 5.41. The number of hydrogen-bond donors (Lipinski definition) is 0. The van der Waals surface area contributed by atoms with Crippen molar-refractivity contribution in [2.45, 2.75) is 25.7 Å². The Bertz CT molecular complexity index is 120. The molecule has 0 aromatic heterocycles. The van der Waals surface area contributed by atoms with E-state index in [1.165, 1.54) is 19.3 Å². The first-order valence-electron chi connectivity index (χ1n) is 4.57. The molecule has 2 aliphatic rings. The summed E-state index contributed by atoms with van der Waals surface area (Å²) in [6, 6.07) is 0. The van der Waals surface area contributed by atoms with Crippen LogP contribution in [0.3, 0.4) is 0 Å². The molecule has 0 aromatic rings. The number of rotatable bonds is 0. The minimum Gasteiger partial charge on any atom is -0.381 e. The molecule has 1 aliphatic carbocycles. The van der Waals surface area contributed by atoms with Crippen molar-refractivity contribution in [3.8, 4) is 0 Å². The summed E-state index contributed by atoms with van der Waals surface area (Å²) in [5.74, 6) is 0. The van der Waals surface area contributed by atoms with Gasteiger partial charge in [-0.2, -0.15) is 0 Å². The van der Waals surface area contributed by atoms with E-state index in [0.717, 1.165) is 32.8 Å². The SMILES string of the molecule is C1COCC2(CCC2)COC1. The van der Waals surface area contributed by atoms with E-state index in [9.17, 15) is 0 Å². The molecular formula is C9H16O2. The molecule has 2 fully saturated rings. The summed E-state index contributed by atoms with van der Waals surface area (Å²) in [7, 11) is 0. The fourth-order valence-corrected chi connectivity index (χ4v) is 1.85. The number of ether oxygens (including phenoxy) is 2. The lowest BCUT2D eigenvalue weighted by atomic mass is 9.70. The maximum atomic E-state index is 5.55. The standard InChI is InChI=1S/C9H16O2/c1-3-9(4-1)7-10-5-2-6-11-8-9/h1-8H2. The molecule has 0 N–H and O–H groups in total. The Morgan fingerprint density at radius 1 is 0.818 bits per heavy atom. The van der Waals surface area contributed by atoms with Crippen molar-refractivity contribution in [2.75, 3.05) is 26.4 Å². The van der Waals surface area contributed by atoms with Gasteiger partial charge in [0.1, 0.15) is 0 Å². The van der Waals surface area contributed by atoms with E-state index in [2.05, 4.69) is 0 Å². The third kappa shape index (κ3) is 1.57. The van der Waals surface area contributed by atoms with E-state index in [1.807, 2.05) is 0 Å². The predicted octanol–water partition coefficient (Wildman–Crippen LogP) is 1.59. The summed E-state index contributed by atoms with van der Waals surface area (Å²) in [5, 5.41) is 0. The molecule has 2 rings (SSSR count). The van der Waals surface area contributed by atoms with E-state index in [-0.39, 0.29) is 0 Å². The van der Waals surface area contributed by atoms with Gasteiger partial charge in [-0.15, -0.1) is 0 Å². The lowest BCUT2D eigenvalue weighted by Crippen LogP contribution is -2.40. The Hall–Kier alpha value is -0.0800. The van der Waals surface area contributed by atoms with Crippen LogP contribution in [0.25, 0.3) is 0 Å². The lowest BCUT2D eigenvalue weighted by Gasteiger charge is -2.42. The van der Waals surface area contributed by atoms with Gasteiger partial charge < -0.3 is 9.47 Å². The summed E-state index contributed by atoms with van der Waals surface area (Å²) in [4.78, 5) is 0. The van der Waals surface area contributed by atoms with Gasteiger partial charge in [0.05, 0.1) is 13.2 Å². The minimum absolute atomic E-state index is 0.431. The zero-order valence-corrected chi connectivity index (χ0v) is 6.97. The van der Waals surface area contributed by atoms with Crippen molar-refractivity contribution in [2.24, 2.45) is 5.41 Å². The molecule has 0 radical (unpaired) electrons. The van der Waals surface area contributed by atoms with Crippen LogP contribution < -0.4 is 0 Å². The zero-order valence-electron chi connectivity index (χ0n) is 6.97. The fourth-order valence-electron chi connectivity index (χ4n) is 1.85. The highest BCUT2D eigenvalue weighted by atomic mass is 16.5. The second-order valence-corrected chi connectivity index (χ2v) is 3.81. The summed E-state index contributed by atoms with van der Waals surface area (Å²) in [5.41, 5.74) is 0.431. The van der Waals surface area contributed by atoms with Crippen LogP contribution >= 0.6 is 0 Å². The highest BCUT2D eigenvalue weighted by molar-refractivity contribution is 4.87. The quantitative estimate of drug-likeness (QED) is 0.530. The highest BCUT2D eigenvalue weighted by Gasteiger charge is 2.37. The smallest absolute Gasteiger partial charge is 0.0544 e. The molecule has 2 nitrogen and oxygen atoms in total. The number of hydrogen-bond acceptors (Lipinski definition) is 2. The van der Waals surface area contributed by atoms with Crippen molar-refractivity contribution in [3.05, 3.63) is 0 Å². The van der Waals surface area contributed by atoms with Gasteiger partial charge in [0.2, 0.25) is 0 Å². The Morgan fingerprint density at radius 2 is 1.45 bits per heavy atom. The Labute approximate surface area is 67.9 Å². The van der Waals surface area contributed by atoms with E-state index >= 15 is 0 Å². The molecule has 1 aliphatic heterocycles. The third-order valence-electron chi connectivity index (χ3n) is 2.81.